The van der Waals surface area contributed by atoms with E-state index in [1.165, 1.54) is 0 Å². The molecule has 122 valence electrons. The molecular formula is C19H19N3O2. The van der Waals surface area contributed by atoms with E-state index in [0.29, 0.717) is 18.5 Å². The van der Waals surface area contributed by atoms with Gasteiger partial charge in [-0.25, -0.2) is 0 Å². The zero-order valence-corrected chi connectivity index (χ0v) is 13.4. The summed E-state index contributed by atoms with van der Waals surface area (Å²) in [6.45, 7) is 2.33. The molecule has 0 saturated carbocycles. The van der Waals surface area contributed by atoms with Crippen molar-refractivity contribution in [2.45, 2.75) is 19.9 Å². The Bertz CT molecular complexity index is 912. The number of carbonyl (C=O) groups is 2. The van der Waals surface area contributed by atoms with Crippen molar-refractivity contribution >= 4 is 22.7 Å². The summed E-state index contributed by atoms with van der Waals surface area (Å²) < 4.78 is 0. The first-order chi connectivity index (χ1) is 11.5. The third-order valence-electron chi connectivity index (χ3n) is 4.07. The molecule has 0 saturated heterocycles. The predicted octanol–water partition coefficient (Wildman–Crippen LogP) is 2.43. The van der Waals surface area contributed by atoms with Crippen LogP contribution in [0.25, 0.3) is 10.9 Å². The number of carbonyl (C=O) groups excluding carboxylic acids is 2. The number of fused-ring (bicyclic) bond motifs is 1. The molecule has 0 unspecified atom stereocenters. The van der Waals surface area contributed by atoms with Crippen LogP contribution >= 0.6 is 0 Å². The van der Waals surface area contributed by atoms with Gasteiger partial charge in [0.15, 0.2) is 0 Å². The van der Waals surface area contributed by atoms with Crippen molar-refractivity contribution in [2.24, 2.45) is 5.73 Å². The first kappa shape index (κ1) is 15.8. The number of aromatic nitrogens is 1. The SMILES string of the molecule is Cc1[nH]c2ccccc2c1CC(=O)NCc1cccc(C(N)=O)c1. The number of amides is 2. The first-order valence-corrected chi connectivity index (χ1v) is 7.76. The summed E-state index contributed by atoms with van der Waals surface area (Å²) in [5.41, 5.74) is 9.60. The number of primary amides is 1. The molecule has 2 aromatic carbocycles. The third kappa shape index (κ3) is 3.30. The summed E-state index contributed by atoms with van der Waals surface area (Å²) in [7, 11) is 0. The van der Waals surface area contributed by atoms with Gasteiger partial charge in [0.25, 0.3) is 0 Å². The van der Waals surface area contributed by atoms with Crippen LogP contribution < -0.4 is 11.1 Å². The normalized spacial score (nSPS) is 10.7. The quantitative estimate of drug-likeness (QED) is 0.674. The van der Waals surface area contributed by atoms with E-state index in [9.17, 15) is 9.59 Å². The maximum Gasteiger partial charge on any atom is 0.248 e. The number of nitrogens with one attached hydrogen (secondary N) is 2. The van der Waals surface area contributed by atoms with Crippen LogP contribution in [0.1, 0.15) is 27.2 Å². The number of rotatable bonds is 5. The van der Waals surface area contributed by atoms with E-state index in [1.807, 2.05) is 37.3 Å². The molecule has 3 aromatic rings. The number of aryl methyl sites for hydroxylation is 1. The molecular weight excluding hydrogens is 302 g/mol. The van der Waals surface area contributed by atoms with Gasteiger partial charge in [-0.3, -0.25) is 9.59 Å². The summed E-state index contributed by atoms with van der Waals surface area (Å²) in [5.74, 6) is -0.537. The topological polar surface area (TPSA) is 88.0 Å². The lowest BCUT2D eigenvalue weighted by Crippen LogP contribution is -2.25. The van der Waals surface area contributed by atoms with Gasteiger partial charge in [-0.2, -0.15) is 0 Å². The molecule has 5 nitrogen and oxygen atoms in total. The van der Waals surface area contributed by atoms with Gasteiger partial charge in [-0.15, -0.1) is 0 Å². The number of hydrogen-bond acceptors (Lipinski definition) is 2. The summed E-state index contributed by atoms with van der Waals surface area (Å²) in [4.78, 5) is 26.8. The number of aromatic amines is 1. The van der Waals surface area contributed by atoms with Crippen molar-refractivity contribution in [3.63, 3.8) is 0 Å². The summed E-state index contributed by atoms with van der Waals surface area (Å²) >= 11 is 0. The van der Waals surface area contributed by atoms with Gasteiger partial charge in [-0.05, 0) is 36.2 Å². The summed E-state index contributed by atoms with van der Waals surface area (Å²) in [6.07, 6.45) is 0.311. The highest BCUT2D eigenvalue weighted by molar-refractivity contribution is 5.93. The monoisotopic (exact) mass is 321 g/mol. The fourth-order valence-corrected chi connectivity index (χ4v) is 2.82. The second kappa shape index (κ2) is 6.58. The molecule has 2 amide bonds. The van der Waals surface area contributed by atoms with Gasteiger partial charge < -0.3 is 16.0 Å². The summed E-state index contributed by atoms with van der Waals surface area (Å²) in [5, 5.41) is 3.96. The molecule has 4 N–H and O–H groups in total. The Morgan fingerprint density at radius 3 is 2.71 bits per heavy atom. The second-order valence-electron chi connectivity index (χ2n) is 5.79. The molecule has 0 aliphatic carbocycles. The highest BCUT2D eigenvalue weighted by Crippen LogP contribution is 2.22. The average molecular weight is 321 g/mol. The largest absolute Gasteiger partial charge is 0.366 e. The number of nitrogens with two attached hydrogens (primary N) is 1. The minimum atomic E-state index is -0.474. The molecule has 0 atom stereocenters. The standard InChI is InChI=1S/C19H19N3O2/c1-12-16(15-7-2-3-8-17(15)22-12)10-18(23)21-11-13-5-4-6-14(9-13)19(20)24/h2-9,22H,10-11H2,1H3,(H2,20,24)(H,21,23). The maximum atomic E-state index is 12.3. The van der Waals surface area contributed by atoms with Gasteiger partial charge in [0.2, 0.25) is 11.8 Å². The van der Waals surface area contributed by atoms with Crippen LogP contribution in [0.2, 0.25) is 0 Å². The van der Waals surface area contributed by atoms with Crippen molar-refractivity contribution in [3.05, 3.63) is 70.9 Å². The third-order valence-corrected chi connectivity index (χ3v) is 4.07. The molecule has 0 spiro atoms. The van der Waals surface area contributed by atoms with Crippen LogP contribution in [0.4, 0.5) is 0 Å². The fourth-order valence-electron chi connectivity index (χ4n) is 2.82. The molecule has 0 aliphatic rings. The van der Waals surface area contributed by atoms with E-state index < -0.39 is 5.91 Å². The summed E-state index contributed by atoms with van der Waals surface area (Å²) in [6, 6.07) is 14.9. The lowest BCUT2D eigenvalue weighted by Gasteiger charge is -2.07. The van der Waals surface area contributed by atoms with Crippen LogP contribution in [0.15, 0.2) is 48.5 Å². The Balaban J connectivity index is 1.68. The van der Waals surface area contributed by atoms with Crippen molar-refractivity contribution < 1.29 is 9.59 Å². The van der Waals surface area contributed by atoms with Crippen LogP contribution in [0.5, 0.6) is 0 Å². The Labute approximate surface area is 139 Å². The van der Waals surface area contributed by atoms with Crippen LogP contribution in [-0.4, -0.2) is 16.8 Å². The minimum absolute atomic E-state index is 0.0627. The zero-order chi connectivity index (χ0) is 17.1. The molecule has 1 heterocycles. The maximum absolute atomic E-state index is 12.3. The zero-order valence-electron chi connectivity index (χ0n) is 13.4. The van der Waals surface area contributed by atoms with Crippen LogP contribution in [0, 0.1) is 6.92 Å². The Morgan fingerprint density at radius 1 is 1.12 bits per heavy atom. The predicted molar refractivity (Wildman–Crippen MR) is 93.5 cm³/mol. The van der Waals surface area contributed by atoms with Crippen molar-refractivity contribution in [3.8, 4) is 0 Å². The van der Waals surface area contributed by atoms with Crippen LogP contribution in [0.3, 0.4) is 0 Å². The molecule has 24 heavy (non-hydrogen) atoms. The van der Waals surface area contributed by atoms with E-state index in [1.54, 1.807) is 18.2 Å². The lowest BCUT2D eigenvalue weighted by atomic mass is 10.1. The van der Waals surface area contributed by atoms with Gasteiger partial charge in [0.05, 0.1) is 6.42 Å². The molecule has 1 aromatic heterocycles. The average Bonchev–Trinajstić information content (AvgIpc) is 2.89. The van der Waals surface area contributed by atoms with E-state index in [0.717, 1.165) is 27.7 Å². The number of para-hydroxylation sites is 1. The highest BCUT2D eigenvalue weighted by atomic mass is 16.1. The number of H-pyrrole nitrogens is 1. The molecule has 5 heteroatoms. The van der Waals surface area contributed by atoms with E-state index >= 15 is 0 Å². The minimum Gasteiger partial charge on any atom is -0.366 e. The molecule has 0 bridgehead atoms. The number of hydrogen-bond donors (Lipinski definition) is 3. The Morgan fingerprint density at radius 2 is 1.92 bits per heavy atom. The molecule has 3 rings (SSSR count). The van der Waals surface area contributed by atoms with E-state index in [4.69, 9.17) is 5.73 Å². The van der Waals surface area contributed by atoms with Gasteiger partial charge in [-0.1, -0.05) is 30.3 Å². The number of benzene rings is 2. The lowest BCUT2D eigenvalue weighted by molar-refractivity contribution is -0.120. The van der Waals surface area contributed by atoms with Crippen molar-refractivity contribution in [1.82, 2.24) is 10.3 Å². The molecule has 0 radical (unpaired) electrons. The van der Waals surface area contributed by atoms with Crippen molar-refractivity contribution in [2.75, 3.05) is 0 Å². The molecule has 0 fully saturated rings. The fraction of sp³-hybridized carbons (Fsp3) is 0.158. The van der Waals surface area contributed by atoms with Gasteiger partial charge in [0, 0.05) is 28.7 Å². The smallest absolute Gasteiger partial charge is 0.248 e. The van der Waals surface area contributed by atoms with E-state index in [-0.39, 0.29) is 5.91 Å². The van der Waals surface area contributed by atoms with Gasteiger partial charge in [0.1, 0.15) is 0 Å². The molecule has 0 aliphatic heterocycles. The first-order valence-electron chi connectivity index (χ1n) is 7.76. The Kier molecular flexibility index (Phi) is 4.33. The van der Waals surface area contributed by atoms with Crippen molar-refractivity contribution in [1.29, 1.82) is 0 Å². The van der Waals surface area contributed by atoms with Gasteiger partial charge >= 0.3 is 0 Å². The highest BCUT2D eigenvalue weighted by Gasteiger charge is 2.12. The second-order valence-corrected chi connectivity index (χ2v) is 5.79. The Hall–Kier alpha value is -3.08. The van der Waals surface area contributed by atoms with E-state index in [2.05, 4.69) is 10.3 Å². The van der Waals surface area contributed by atoms with Crippen LogP contribution in [-0.2, 0) is 17.8 Å².